The summed E-state index contributed by atoms with van der Waals surface area (Å²) in [4.78, 5) is 12.1. The van der Waals surface area contributed by atoms with Crippen LogP contribution in [0.2, 0.25) is 0 Å². The number of carbonyl (C=O) groups is 1. The van der Waals surface area contributed by atoms with Crippen molar-refractivity contribution in [3.63, 3.8) is 0 Å². The van der Waals surface area contributed by atoms with Crippen molar-refractivity contribution in [2.45, 2.75) is 6.54 Å². The predicted molar refractivity (Wildman–Crippen MR) is 75.2 cm³/mol. The molecule has 0 bridgehead atoms. The molecule has 1 N–H and O–H groups in total. The van der Waals surface area contributed by atoms with Crippen LogP contribution in [-0.4, -0.2) is 15.6 Å². The van der Waals surface area contributed by atoms with Crippen LogP contribution in [0.15, 0.2) is 28.2 Å². The zero-order chi connectivity index (χ0) is 11.7. The first-order chi connectivity index (χ1) is 7.56. The van der Waals surface area contributed by atoms with Crippen LogP contribution in [-0.2, 0) is 6.54 Å². The van der Waals surface area contributed by atoms with Gasteiger partial charge in [-0.3, -0.25) is 0 Å². The second-order valence-corrected chi connectivity index (χ2v) is 6.98. The molecule has 16 heavy (non-hydrogen) atoms. The zero-order valence-corrected chi connectivity index (χ0v) is 12.5. The highest BCUT2D eigenvalue weighted by molar-refractivity contribution is 14.1. The van der Waals surface area contributed by atoms with Crippen LogP contribution < -0.4 is 0 Å². The molecule has 2 heterocycles. The van der Waals surface area contributed by atoms with Crippen LogP contribution in [0.4, 0.5) is 0 Å². The lowest BCUT2D eigenvalue weighted by Gasteiger charge is -2.03. The molecule has 2 aromatic heterocycles. The van der Waals surface area contributed by atoms with Gasteiger partial charge in [-0.1, -0.05) is 0 Å². The molecule has 0 fully saturated rings. The van der Waals surface area contributed by atoms with Gasteiger partial charge in [0.2, 0.25) is 0 Å². The molecule has 0 saturated carbocycles. The first-order valence-corrected chi connectivity index (χ1v) is 7.08. The molecular formula is C10H7BrINO2S. The van der Waals surface area contributed by atoms with Gasteiger partial charge in [-0.2, -0.15) is 0 Å². The van der Waals surface area contributed by atoms with Crippen molar-refractivity contribution in [3.05, 3.63) is 42.3 Å². The molecule has 6 heteroatoms. The first kappa shape index (κ1) is 12.1. The fourth-order valence-electron chi connectivity index (χ4n) is 1.39. The summed E-state index contributed by atoms with van der Waals surface area (Å²) in [5, 5.41) is 9.03. The van der Waals surface area contributed by atoms with E-state index in [2.05, 4.69) is 38.5 Å². The second-order valence-electron chi connectivity index (χ2n) is 3.18. The zero-order valence-electron chi connectivity index (χ0n) is 7.98. The Hall–Kier alpha value is -0.340. The lowest BCUT2D eigenvalue weighted by Crippen LogP contribution is -2.07. The van der Waals surface area contributed by atoms with E-state index < -0.39 is 5.97 Å². The Labute approximate surface area is 118 Å². The monoisotopic (exact) mass is 411 g/mol. The molecule has 0 atom stereocenters. The standard InChI is InChI=1S/C10H7BrINO2S/c11-9-2-1-7(16-9)5-13-4-6(12)3-8(13)10(14)15/h1-4H,5H2,(H,14,15). The quantitative estimate of drug-likeness (QED) is 0.783. The summed E-state index contributed by atoms with van der Waals surface area (Å²) >= 11 is 7.12. The number of aromatic nitrogens is 1. The molecular weight excluding hydrogens is 405 g/mol. The number of nitrogens with zero attached hydrogens (tertiary/aromatic N) is 1. The van der Waals surface area contributed by atoms with E-state index in [-0.39, 0.29) is 0 Å². The Morgan fingerprint density at radius 2 is 2.31 bits per heavy atom. The van der Waals surface area contributed by atoms with Crippen LogP contribution >= 0.6 is 49.9 Å². The van der Waals surface area contributed by atoms with E-state index in [9.17, 15) is 4.79 Å². The number of carboxylic acids is 1. The highest BCUT2D eigenvalue weighted by atomic mass is 127. The third-order valence-corrected chi connectivity index (χ3v) is 4.24. The topological polar surface area (TPSA) is 42.2 Å². The number of thiophene rings is 1. The molecule has 0 spiro atoms. The van der Waals surface area contributed by atoms with Gasteiger partial charge in [0.1, 0.15) is 5.69 Å². The number of halogens is 2. The Kier molecular flexibility index (Phi) is 3.70. The van der Waals surface area contributed by atoms with E-state index >= 15 is 0 Å². The van der Waals surface area contributed by atoms with Crippen LogP contribution in [0.1, 0.15) is 15.4 Å². The molecule has 0 amide bonds. The smallest absolute Gasteiger partial charge is 0.352 e. The van der Waals surface area contributed by atoms with Gasteiger partial charge in [0.25, 0.3) is 0 Å². The number of hydrogen-bond acceptors (Lipinski definition) is 2. The predicted octanol–water partition coefficient (Wildman–Crippen LogP) is 3.66. The Balaban J connectivity index is 2.30. The fraction of sp³-hybridized carbons (Fsp3) is 0.100. The summed E-state index contributed by atoms with van der Waals surface area (Å²) < 4.78 is 3.74. The van der Waals surface area contributed by atoms with Crippen LogP contribution in [0.3, 0.4) is 0 Å². The molecule has 0 unspecified atom stereocenters. The van der Waals surface area contributed by atoms with E-state index in [1.807, 2.05) is 18.3 Å². The largest absolute Gasteiger partial charge is 0.477 e. The summed E-state index contributed by atoms with van der Waals surface area (Å²) in [6, 6.07) is 5.63. The minimum absolute atomic E-state index is 0.328. The number of aromatic carboxylic acids is 1. The number of hydrogen-bond donors (Lipinski definition) is 1. The molecule has 0 aromatic carbocycles. The fourth-order valence-corrected chi connectivity index (χ4v) is 3.50. The van der Waals surface area contributed by atoms with Crippen LogP contribution in [0.5, 0.6) is 0 Å². The van der Waals surface area contributed by atoms with E-state index in [4.69, 9.17) is 5.11 Å². The van der Waals surface area contributed by atoms with Gasteiger partial charge in [-0.25, -0.2) is 4.79 Å². The van der Waals surface area contributed by atoms with E-state index in [1.165, 1.54) is 0 Å². The van der Waals surface area contributed by atoms with Crippen molar-refractivity contribution in [2.75, 3.05) is 0 Å². The summed E-state index contributed by atoms with van der Waals surface area (Å²) in [5.41, 5.74) is 0.328. The third kappa shape index (κ3) is 2.67. The molecule has 84 valence electrons. The summed E-state index contributed by atoms with van der Waals surface area (Å²) in [5.74, 6) is -0.890. The van der Waals surface area contributed by atoms with Gasteiger partial charge >= 0.3 is 5.97 Å². The maximum atomic E-state index is 11.0. The summed E-state index contributed by atoms with van der Waals surface area (Å²) in [7, 11) is 0. The van der Waals surface area contributed by atoms with E-state index in [0.717, 1.165) is 12.2 Å². The van der Waals surface area contributed by atoms with E-state index in [0.29, 0.717) is 12.2 Å². The number of rotatable bonds is 3. The van der Waals surface area contributed by atoms with Gasteiger partial charge in [0.05, 0.1) is 10.3 Å². The van der Waals surface area contributed by atoms with Crippen LogP contribution in [0.25, 0.3) is 0 Å². The van der Waals surface area contributed by atoms with Crippen molar-refractivity contribution in [3.8, 4) is 0 Å². The van der Waals surface area contributed by atoms with Gasteiger partial charge in [0.15, 0.2) is 0 Å². The summed E-state index contributed by atoms with van der Waals surface area (Å²) in [6.07, 6.45) is 1.84. The van der Waals surface area contributed by atoms with E-state index in [1.54, 1.807) is 22.0 Å². The second kappa shape index (κ2) is 4.89. The molecule has 0 aliphatic heterocycles. The SMILES string of the molecule is O=C(O)c1cc(I)cn1Cc1ccc(Br)s1. The first-order valence-electron chi connectivity index (χ1n) is 4.39. The van der Waals surface area contributed by atoms with Gasteiger partial charge in [-0.05, 0) is 56.7 Å². The molecule has 0 radical (unpaired) electrons. The molecule has 0 aliphatic rings. The highest BCUT2D eigenvalue weighted by Gasteiger charge is 2.12. The minimum atomic E-state index is -0.890. The Morgan fingerprint density at radius 1 is 1.56 bits per heavy atom. The van der Waals surface area contributed by atoms with Gasteiger partial charge < -0.3 is 9.67 Å². The average Bonchev–Trinajstić information content (AvgIpc) is 2.74. The van der Waals surface area contributed by atoms with Gasteiger partial charge in [0, 0.05) is 14.6 Å². The van der Waals surface area contributed by atoms with Crippen molar-refractivity contribution in [2.24, 2.45) is 0 Å². The Morgan fingerprint density at radius 3 is 2.88 bits per heavy atom. The molecule has 3 nitrogen and oxygen atoms in total. The molecule has 2 aromatic rings. The van der Waals surface area contributed by atoms with Crippen LogP contribution in [0, 0.1) is 3.57 Å². The Bertz CT molecular complexity index is 535. The van der Waals surface area contributed by atoms with Crippen molar-refractivity contribution in [1.29, 1.82) is 0 Å². The minimum Gasteiger partial charge on any atom is -0.477 e. The molecule has 0 saturated heterocycles. The van der Waals surface area contributed by atoms with Crippen molar-refractivity contribution < 1.29 is 9.90 Å². The molecule has 2 rings (SSSR count). The maximum absolute atomic E-state index is 11.0. The lowest BCUT2D eigenvalue weighted by atomic mass is 10.4. The maximum Gasteiger partial charge on any atom is 0.352 e. The number of carboxylic acid groups (broad SMARTS) is 1. The normalized spacial score (nSPS) is 10.6. The van der Waals surface area contributed by atoms with Gasteiger partial charge in [-0.15, -0.1) is 11.3 Å². The molecule has 0 aliphatic carbocycles. The average molecular weight is 412 g/mol. The third-order valence-electron chi connectivity index (χ3n) is 2.04. The highest BCUT2D eigenvalue weighted by Crippen LogP contribution is 2.24. The van der Waals surface area contributed by atoms with Crippen molar-refractivity contribution in [1.82, 2.24) is 4.57 Å². The van der Waals surface area contributed by atoms with Crippen molar-refractivity contribution >= 4 is 55.8 Å². The lowest BCUT2D eigenvalue weighted by molar-refractivity contribution is 0.0686. The summed E-state index contributed by atoms with van der Waals surface area (Å²) in [6.45, 7) is 0.598.